The Bertz CT molecular complexity index is 815. The molecule has 7 nitrogen and oxygen atoms in total. The smallest absolute Gasteiger partial charge is 0.305 e. The predicted octanol–water partition coefficient (Wildman–Crippen LogP) is 2.54. The number of ether oxygens (including phenoxy) is 1. The molecule has 1 unspecified atom stereocenters. The van der Waals surface area contributed by atoms with Gasteiger partial charge in [-0.2, -0.15) is 5.10 Å². The van der Waals surface area contributed by atoms with Crippen LogP contribution in [0.3, 0.4) is 0 Å². The quantitative estimate of drug-likeness (QED) is 0.827. The van der Waals surface area contributed by atoms with Gasteiger partial charge in [0, 0.05) is 12.8 Å². The van der Waals surface area contributed by atoms with E-state index in [9.17, 15) is 9.59 Å². The fraction of sp³-hybridized carbons (Fsp3) is 0.312. The number of nitrogens with zero attached hydrogens (tertiary/aromatic N) is 2. The molecule has 1 aromatic carbocycles. The van der Waals surface area contributed by atoms with Crippen molar-refractivity contribution in [2.75, 3.05) is 13.2 Å². The van der Waals surface area contributed by atoms with Crippen LogP contribution in [0.15, 0.2) is 30.5 Å². The highest BCUT2D eigenvalue weighted by molar-refractivity contribution is 6.42. The molecule has 0 aliphatic carbocycles. The first kappa shape index (κ1) is 17.7. The SMILES string of the molecule is O=C(O)CC1(NC(=O)c2ccn(-c3ccc(Cl)c(Cl)c3)n2)CCOC1. The minimum atomic E-state index is -0.993. The summed E-state index contributed by atoms with van der Waals surface area (Å²) in [5, 5.41) is 16.9. The van der Waals surface area contributed by atoms with Crippen molar-refractivity contribution in [2.45, 2.75) is 18.4 Å². The highest BCUT2D eigenvalue weighted by Gasteiger charge is 2.39. The van der Waals surface area contributed by atoms with E-state index in [4.69, 9.17) is 33.0 Å². The molecule has 1 aliphatic rings. The third-order valence-corrected chi connectivity index (χ3v) is 4.70. The number of amides is 1. The second kappa shape index (κ2) is 7.03. The van der Waals surface area contributed by atoms with Crippen LogP contribution in [0.1, 0.15) is 23.3 Å². The van der Waals surface area contributed by atoms with Crippen LogP contribution in [0.25, 0.3) is 5.69 Å². The molecule has 1 aromatic heterocycles. The van der Waals surface area contributed by atoms with Crippen LogP contribution in [0.2, 0.25) is 10.0 Å². The number of aromatic nitrogens is 2. The van der Waals surface area contributed by atoms with Gasteiger partial charge in [0.25, 0.3) is 5.91 Å². The van der Waals surface area contributed by atoms with Crippen molar-refractivity contribution < 1.29 is 19.4 Å². The van der Waals surface area contributed by atoms with E-state index in [0.717, 1.165) is 0 Å². The molecule has 1 atom stereocenters. The molecule has 1 saturated heterocycles. The number of carboxylic acids is 1. The van der Waals surface area contributed by atoms with Gasteiger partial charge in [-0.05, 0) is 30.7 Å². The Morgan fingerprint density at radius 2 is 2.12 bits per heavy atom. The van der Waals surface area contributed by atoms with E-state index < -0.39 is 17.4 Å². The molecule has 3 rings (SSSR count). The van der Waals surface area contributed by atoms with E-state index >= 15 is 0 Å². The van der Waals surface area contributed by atoms with E-state index in [2.05, 4.69) is 10.4 Å². The second-order valence-corrected chi connectivity index (χ2v) is 6.67. The van der Waals surface area contributed by atoms with Gasteiger partial charge in [-0.1, -0.05) is 23.2 Å². The molecular weight excluding hydrogens is 369 g/mol. The predicted molar refractivity (Wildman–Crippen MR) is 91.5 cm³/mol. The van der Waals surface area contributed by atoms with Gasteiger partial charge >= 0.3 is 5.97 Å². The fourth-order valence-electron chi connectivity index (χ4n) is 2.70. The van der Waals surface area contributed by atoms with Crippen molar-refractivity contribution in [2.24, 2.45) is 0 Å². The first-order valence-corrected chi connectivity index (χ1v) is 8.27. The molecule has 2 aromatic rings. The molecule has 0 saturated carbocycles. The Morgan fingerprint density at radius 3 is 2.76 bits per heavy atom. The molecule has 1 amide bonds. The molecule has 1 fully saturated rings. The molecule has 2 heterocycles. The van der Waals surface area contributed by atoms with Crippen LogP contribution < -0.4 is 5.32 Å². The van der Waals surface area contributed by atoms with Gasteiger partial charge in [0.1, 0.15) is 0 Å². The Kier molecular flexibility index (Phi) is 4.99. The Hall–Kier alpha value is -2.09. The maximum absolute atomic E-state index is 12.5. The van der Waals surface area contributed by atoms with Crippen LogP contribution in [-0.4, -0.2) is 45.5 Å². The Morgan fingerprint density at radius 1 is 1.32 bits per heavy atom. The molecule has 1 aliphatic heterocycles. The van der Waals surface area contributed by atoms with Gasteiger partial charge in [-0.15, -0.1) is 0 Å². The van der Waals surface area contributed by atoms with E-state index in [0.29, 0.717) is 28.8 Å². The maximum atomic E-state index is 12.5. The summed E-state index contributed by atoms with van der Waals surface area (Å²) in [6.07, 6.45) is 1.86. The molecule has 0 spiro atoms. The Labute approximate surface area is 153 Å². The average molecular weight is 384 g/mol. The summed E-state index contributed by atoms with van der Waals surface area (Å²) in [5.74, 6) is -1.45. The lowest BCUT2D eigenvalue weighted by Gasteiger charge is -2.26. The summed E-state index contributed by atoms with van der Waals surface area (Å²) in [7, 11) is 0. The molecular formula is C16H15Cl2N3O4. The number of carbonyl (C=O) groups excluding carboxylic acids is 1. The van der Waals surface area contributed by atoms with Crippen molar-refractivity contribution in [3.05, 3.63) is 46.2 Å². The lowest BCUT2D eigenvalue weighted by molar-refractivity contribution is -0.138. The van der Waals surface area contributed by atoms with E-state index in [1.54, 1.807) is 30.5 Å². The minimum absolute atomic E-state index is 0.165. The zero-order valence-corrected chi connectivity index (χ0v) is 14.5. The Balaban J connectivity index is 1.78. The van der Waals surface area contributed by atoms with Gasteiger partial charge < -0.3 is 15.2 Å². The van der Waals surface area contributed by atoms with Gasteiger partial charge in [0.15, 0.2) is 5.69 Å². The lowest BCUT2D eigenvalue weighted by Crippen LogP contribution is -2.50. The molecule has 25 heavy (non-hydrogen) atoms. The van der Waals surface area contributed by atoms with Crippen LogP contribution in [0, 0.1) is 0 Å². The first-order valence-electron chi connectivity index (χ1n) is 7.52. The lowest BCUT2D eigenvalue weighted by atomic mass is 9.94. The van der Waals surface area contributed by atoms with Crippen molar-refractivity contribution >= 4 is 35.1 Å². The van der Waals surface area contributed by atoms with Crippen molar-refractivity contribution in [1.29, 1.82) is 0 Å². The van der Waals surface area contributed by atoms with Gasteiger partial charge in [0.05, 0.1) is 34.3 Å². The number of carboxylic acid groups (broad SMARTS) is 1. The van der Waals surface area contributed by atoms with Gasteiger partial charge in [-0.3, -0.25) is 9.59 Å². The standard InChI is InChI=1S/C16H15Cl2N3O4/c17-11-2-1-10(7-12(11)18)21-5-3-13(20-21)15(24)19-16(8-14(22)23)4-6-25-9-16/h1-3,5,7H,4,6,8-9H2,(H,19,24)(H,22,23). The monoisotopic (exact) mass is 383 g/mol. The summed E-state index contributed by atoms with van der Waals surface area (Å²) < 4.78 is 6.76. The minimum Gasteiger partial charge on any atom is -0.481 e. The van der Waals surface area contributed by atoms with Crippen LogP contribution >= 0.6 is 23.2 Å². The highest BCUT2D eigenvalue weighted by Crippen LogP contribution is 2.25. The zero-order chi connectivity index (χ0) is 18.0. The van der Waals surface area contributed by atoms with Gasteiger partial charge in [-0.25, -0.2) is 4.68 Å². The zero-order valence-electron chi connectivity index (χ0n) is 13.0. The number of hydrogen-bond donors (Lipinski definition) is 2. The molecule has 0 radical (unpaired) electrons. The summed E-state index contributed by atoms with van der Waals surface area (Å²) >= 11 is 11.9. The average Bonchev–Trinajstić information content (AvgIpc) is 3.19. The topological polar surface area (TPSA) is 93.5 Å². The number of carbonyl (C=O) groups is 2. The number of rotatable bonds is 5. The molecule has 9 heteroatoms. The van der Waals surface area contributed by atoms with Gasteiger partial charge in [0.2, 0.25) is 0 Å². The normalized spacial score (nSPS) is 19.8. The van der Waals surface area contributed by atoms with Crippen LogP contribution in [-0.2, 0) is 9.53 Å². The van der Waals surface area contributed by atoms with E-state index in [1.165, 1.54) is 4.68 Å². The highest BCUT2D eigenvalue weighted by atomic mass is 35.5. The molecule has 0 bridgehead atoms. The van der Waals surface area contributed by atoms with Crippen molar-refractivity contribution in [1.82, 2.24) is 15.1 Å². The van der Waals surface area contributed by atoms with E-state index in [1.807, 2.05) is 0 Å². The van der Waals surface area contributed by atoms with Crippen LogP contribution in [0.4, 0.5) is 0 Å². The number of nitrogens with one attached hydrogen (secondary N) is 1. The summed E-state index contributed by atoms with van der Waals surface area (Å²) in [6.45, 7) is 0.573. The maximum Gasteiger partial charge on any atom is 0.305 e. The van der Waals surface area contributed by atoms with Crippen molar-refractivity contribution in [3.8, 4) is 5.69 Å². The largest absolute Gasteiger partial charge is 0.481 e. The third kappa shape index (κ3) is 3.95. The summed E-state index contributed by atoms with van der Waals surface area (Å²) in [6, 6.07) is 6.54. The molecule has 132 valence electrons. The number of halogens is 2. The summed E-state index contributed by atoms with van der Waals surface area (Å²) in [4.78, 5) is 23.5. The third-order valence-electron chi connectivity index (χ3n) is 3.96. The van der Waals surface area contributed by atoms with E-state index in [-0.39, 0.29) is 18.7 Å². The fourth-order valence-corrected chi connectivity index (χ4v) is 2.99. The number of hydrogen-bond acceptors (Lipinski definition) is 4. The second-order valence-electron chi connectivity index (χ2n) is 5.85. The van der Waals surface area contributed by atoms with Crippen molar-refractivity contribution in [3.63, 3.8) is 0 Å². The van der Waals surface area contributed by atoms with Crippen LogP contribution in [0.5, 0.6) is 0 Å². The number of benzene rings is 1. The first-order chi connectivity index (χ1) is 11.9. The molecule has 2 N–H and O–H groups in total. The number of aliphatic carboxylic acids is 1. The summed E-state index contributed by atoms with van der Waals surface area (Å²) in [5.41, 5.74) is -0.0864.